The van der Waals surface area contributed by atoms with Crippen LogP contribution in [0.25, 0.3) is 11.2 Å². The highest BCUT2D eigenvalue weighted by Gasteiger charge is 2.47. The molecule has 0 radical (unpaired) electrons. The summed E-state index contributed by atoms with van der Waals surface area (Å²) >= 11 is 6.35. The molecule has 0 aliphatic carbocycles. The number of nitrogens with zero attached hydrogens (tertiary/aromatic N) is 8. The third kappa shape index (κ3) is 14.6. The third-order valence-corrected chi connectivity index (χ3v) is 18.9. The number of aromatic nitrogens is 6. The van der Waals surface area contributed by atoms with Gasteiger partial charge in [-0.1, -0.05) is 72.8 Å². The maximum Gasteiger partial charge on any atom is 0.330 e. The number of carbonyl (C=O) groups excluding carboxylic acids is 1. The molecule has 2 fully saturated rings. The Hall–Kier alpha value is -7.12. The standard InChI is InChI=1S/C60H68N10O13P2S/c1-39(2)70(40(3)4)84(77-30-14-28-61)82-48-32-52(68-34-41(5)57(71)67-59(68)73)81-51(48)36-79-85(86,78-31-15-29-62)83-49-33-53(69-38-65-54-55(63-37-64-56(54)69)66-58(72)42-16-10-8-11-17-42)80-50(49)35-76-60(43-18-12-9-13-19-43,44-20-24-46(74-6)25-21-44)45-22-26-47(75-7)27-23-45/h8-13,16-27,34,37-40,48-53H,14-15,30-33,35-36H2,1-7H3,(H,67,71,73)(H,63,64,66,72)/t48-,49-,50+,51+,52+,53+,84?,85?/m0/s1. The van der Waals surface area contributed by atoms with Crippen molar-refractivity contribution in [3.63, 3.8) is 0 Å². The van der Waals surface area contributed by atoms with Crippen molar-refractivity contribution < 1.29 is 51.1 Å². The quantitative estimate of drug-likeness (QED) is 0.0262. The summed E-state index contributed by atoms with van der Waals surface area (Å²) < 4.78 is 70.7. The van der Waals surface area contributed by atoms with Crippen LogP contribution in [0.2, 0.25) is 0 Å². The lowest BCUT2D eigenvalue weighted by molar-refractivity contribution is -0.0928. The summed E-state index contributed by atoms with van der Waals surface area (Å²) in [6.45, 7) is 5.09. The highest BCUT2D eigenvalue weighted by molar-refractivity contribution is 8.07. The van der Waals surface area contributed by atoms with Crippen LogP contribution < -0.4 is 26.0 Å². The van der Waals surface area contributed by atoms with E-state index in [9.17, 15) is 24.9 Å². The monoisotopic (exact) mass is 1230 g/mol. The highest BCUT2D eigenvalue weighted by Crippen LogP contribution is 2.56. The molecule has 0 bridgehead atoms. The van der Waals surface area contributed by atoms with Crippen LogP contribution in [0.15, 0.2) is 138 Å². The van der Waals surface area contributed by atoms with Crippen molar-refractivity contribution >= 4 is 49.9 Å². The van der Waals surface area contributed by atoms with E-state index in [1.54, 1.807) is 56.3 Å². The van der Waals surface area contributed by atoms with Gasteiger partial charge in [0, 0.05) is 42.2 Å². The predicted octanol–water partition coefficient (Wildman–Crippen LogP) is 9.76. The molecule has 26 heteroatoms. The second-order valence-electron chi connectivity index (χ2n) is 20.7. The Morgan fingerprint density at radius 2 is 1.37 bits per heavy atom. The van der Waals surface area contributed by atoms with Crippen molar-refractivity contribution in [3.8, 4) is 23.6 Å². The van der Waals surface area contributed by atoms with Crippen molar-refractivity contribution in [2.24, 2.45) is 0 Å². The van der Waals surface area contributed by atoms with E-state index in [0.29, 0.717) is 28.2 Å². The molecule has 2 aliphatic rings. The normalized spacial score (nSPS) is 19.8. The minimum atomic E-state index is -4.00. The van der Waals surface area contributed by atoms with Gasteiger partial charge >= 0.3 is 12.4 Å². The van der Waals surface area contributed by atoms with E-state index in [1.807, 2.05) is 113 Å². The highest BCUT2D eigenvalue weighted by atomic mass is 32.5. The fraction of sp³-hybridized carbons (Fsp3) is 0.400. The Balaban J connectivity index is 1.09. The second-order valence-corrected chi connectivity index (χ2v) is 25.1. The van der Waals surface area contributed by atoms with Crippen LogP contribution >= 0.6 is 15.2 Å². The van der Waals surface area contributed by atoms with Crippen LogP contribution in [-0.4, -0.2) is 117 Å². The molecule has 1 amide bonds. The molecule has 2 aliphatic heterocycles. The SMILES string of the molecule is COc1ccc(C(OC[C@H]2O[C@@H](n3cnc4c(NC(=O)c5ccccc5)ncnc43)C[C@@H]2OP(=S)(OCCC#N)OC[C@H]2O[C@@H](n3cc(C)c(=O)[nH]c3=O)C[C@@H]2OP(OCCC#N)N(C(C)C)C(C)C)(c2ccccc2)c2ccc(OC)cc2)cc1. The number of benzene rings is 4. The molecular weight excluding hydrogens is 1160 g/mol. The molecule has 2 saturated heterocycles. The topological polar surface area (TPSA) is 271 Å². The van der Waals surface area contributed by atoms with E-state index in [2.05, 4.69) is 42.1 Å². The van der Waals surface area contributed by atoms with Crippen molar-refractivity contribution in [2.75, 3.05) is 46.0 Å². The van der Waals surface area contributed by atoms with E-state index in [0.717, 1.165) is 16.7 Å². The van der Waals surface area contributed by atoms with E-state index in [4.69, 9.17) is 58.1 Å². The van der Waals surface area contributed by atoms with Gasteiger partial charge in [0.25, 0.3) is 20.0 Å². The largest absolute Gasteiger partial charge is 0.497 e. The van der Waals surface area contributed by atoms with Gasteiger partial charge < -0.3 is 51.6 Å². The van der Waals surface area contributed by atoms with E-state index in [1.165, 1.54) is 17.1 Å². The van der Waals surface area contributed by atoms with Gasteiger partial charge in [-0.3, -0.25) is 23.7 Å². The summed E-state index contributed by atoms with van der Waals surface area (Å²) in [4.78, 5) is 55.4. The lowest BCUT2D eigenvalue weighted by Gasteiger charge is -2.38. The number of amides is 1. The fourth-order valence-electron chi connectivity index (χ4n) is 10.3. The van der Waals surface area contributed by atoms with Gasteiger partial charge in [-0.05, 0) is 99.5 Å². The molecule has 0 saturated carbocycles. The molecule has 3 aromatic heterocycles. The molecule has 23 nitrogen and oxygen atoms in total. The van der Waals surface area contributed by atoms with Gasteiger partial charge in [0.15, 0.2) is 17.0 Å². The predicted molar refractivity (Wildman–Crippen MR) is 322 cm³/mol. The molecule has 86 heavy (non-hydrogen) atoms. The Morgan fingerprint density at radius 3 is 1.99 bits per heavy atom. The molecule has 0 spiro atoms. The molecule has 2 unspecified atom stereocenters. The number of hydrogen-bond donors (Lipinski definition) is 2. The summed E-state index contributed by atoms with van der Waals surface area (Å²) in [6.07, 6.45) is -0.980. The van der Waals surface area contributed by atoms with Gasteiger partial charge in [-0.25, -0.2) is 24.4 Å². The lowest BCUT2D eigenvalue weighted by atomic mass is 9.80. The van der Waals surface area contributed by atoms with Crippen molar-refractivity contribution in [1.29, 1.82) is 10.5 Å². The van der Waals surface area contributed by atoms with Crippen molar-refractivity contribution in [2.45, 2.75) is 115 Å². The average molecular weight is 1230 g/mol. The smallest absolute Gasteiger partial charge is 0.330 e. The summed E-state index contributed by atoms with van der Waals surface area (Å²) in [5.41, 5.74) is 1.10. The number of hydrogen-bond acceptors (Lipinski definition) is 20. The van der Waals surface area contributed by atoms with E-state index < -0.39 is 74.9 Å². The molecule has 8 atom stereocenters. The average Bonchev–Trinajstić information content (AvgIpc) is 1.36. The van der Waals surface area contributed by atoms with Crippen LogP contribution in [0.4, 0.5) is 5.82 Å². The van der Waals surface area contributed by atoms with E-state index >= 15 is 0 Å². The first-order valence-electron chi connectivity index (χ1n) is 27.9. The minimum Gasteiger partial charge on any atom is -0.497 e. The third-order valence-electron chi connectivity index (χ3n) is 14.4. The maximum absolute atomic E-state index is 13.4. The Morgan fingerprint density at radius 1 is 0.791 bits per heavy atom. The number of ether oxygens (including phenoxy) is 5. The Bertz CT molecular complexity index is 3600. The first-order valence-corrected chi connectivity index (χ1v) is 31.6. The molecule has 7 aromatic rings. The number of carbonyl (C=O) groups is 1. The zero-order valence-corrected chi connectivity index (χ0v) is 51.2. The summed E-state index contributed by atoms with van der Waals surface area (Å²) in [5, 5.41) is 22.2. The van der Waals surface area contributed by atoms with Gasteiger partial charge in [-0.2, -0.15) is 10.5 Å². The number of imidazole rings is 1. The number of aromatic amines is 1. The van der Waals surface area contributed by atoms with Crippen LogP contribution in [0.1, 0.15) is 98.4 Å². The number of aryl methyl sites for hydroxylation is 1. The van der Waals surface area contributed by atoms with Gasteiger partial charge in [0.2, 0.25) is 0 Å². The summed E-state index contributed by atoms with van der Waals surface area (Å²) in [7, 11) is 1.35. The Kier molecular flexibility index (Phi) is 21.4. The number of fused-ring (bicyclic) bond motifs is 1. The van der Waals surface area contributed by atoms with E-state index in [-0.39, 0.29) is 75.6 Å². The Labute approximate surface area is 504 Å². The fourth-order valence-corrected chi connectivity index (χ4v) is 14.2. The molecule has 9 rings (SSSR count). The van der Waals surface area contributed by atoms with Crippen LogP contribution in [0, 0.1) is 29.6 Å². The summed E-state index contributed by atoms with van der Waals surface area (Å²) in [5.74, 6) is 1.06. The molecular formula is C60H68N10O13P2S. The van der Waals surface area contributed by atoms with Crippen LogP contribution in [-0.2, 0) is 54.2 Å². The number of methoxy groups -OCH3 is 2. The van der Waals surface area contributed by atoms with Gasteiger partial charge in [0.1, 0.15) is 48.1 Å². The zero-order valence-electron chi connectivity index (χ0n) is 48.6. The molecule has 4 aromatic carbocycles. The van der Waals surface area contributed by atoms with Crippen molar-refractivity contribution in [3.05, 3.63) is 177 Å². The van der Waals surface area contributed by atoms with Crippen LogP contribution in [0.3, 0.4) is 0 Å². The number of nitrogens with one attached hydrogen (secondary N) is 2. The first-order chi connectivity index (χ1) is 41.6. The zero-order chi connectivity index (χ0) is 61.0. The molecule has 2 N–H and O–H groups in total. The summed E-state index contributed by atoms with van der Waals surface area (Å²) in [6, 6.07) is 37.8. The first kappa shape index (κ1) is 63.4. The minimum absolute atomic E-state index is 0.0522. The van der Waals surface area contributed by atoms with Gasteiger partial charge in [0.05, 0.1) is 84.2 Å². The maximum atomic E-state index is 13.4. The number of H-pyrrole nitrogens is 1. The number of nitriles is 2. The van der Waals surface area contributed by atoms with Crippen molar-refractivity contribution in [1.82, 2.24) is 33.7 Å². The molecule has 5 heterocycles. The second kappa shape index (κ2) is 29.0. The van der Waals surface area contributed by atoms with Gasteiger partial charge in [-0.15, -0.1) is 0 Å². The molecule has 452 valence electrons. The number of anilines is 1. The number of rotatable bonds is 28. The lowest BCUT2D eigenvalue weighted by Crippen LogP contribution is -2.38. The van der Waals surface area contributed by atoms with Crippen LogP contribution in [0.5, 0.6) is 11.5 Å².